The number of nitrogens with one attached hydrogen (secondary N) is 2. The van der Waals surface area contributed by atoms with E-state index in [1.165, 1.54) is 24.1 Å². The average Bonchev–Trinajstić information content (AvgIpc) is 3.25. The maximum absolute atomic E-state index is 12.7. The molecule has 1 amide bonds. The quantitative estimate of drug-likeness (QED) is 0.625. The number of amides is 1. The molecule has 3 rings (SSSR count). The number of aromatic nitrogens is 1. The molecule has 0 aromatic carbocycles. The third kappa shape index (κ3) is 4.75. The highest BCUT2D eigenvalue weighted by Gasteiger charge is 2.31. The number of hydrogen-bond acceptors (Lipinski definition) is 4. The monoisotopic (exact) mass is 377 g/mol. The van der Waals surface area contributed by atoms with Gasteiger partial charge in [-0.2, -0.15) is 0 Å². The van der Waals surface area contributed by atoms with Crippen LogP contribution in [0.25, 0.3) is 0 Å². The number of rotatable bonds is 4. The van der Waals surface area contributed by atoms with Crippen LogP contribution in [0.5, 0.6) is 0 Å². The van der Waals surface area contributed by atoms with Crippen molar-refractivity contribution in [1.82, 2.24) is 20.5 Å². The summed E-state index contributed by atoms with van der Waals surface area (Å²) in [5.41, 5.74) is 1.10. The summed E-state index contributed by atoms with van der Waals surface area (Å²) in [6.07, 6.45) is 6.83. The van der Waals surface area contributed by atoms with Crippen LogP contribution in [0.4, 0.5) is 0 Å². The van der Waals surface area contributed by atoms with E-state index < -0.39 is 0 Å². The van der Waals surface area contributed by atoms with Crippen molar-refractivity contribution in [3.8, 4) is 0 Å². The van der Waals surface area contributed by atoms with Gasteiger partial charge in [-0.3, -0.25) is 9.79 Å². The summed E-state index contributed by atoms with van der Waals surface area (Å²) in [6, 6.07) is 0.272. The first-order chi connectivity index (χ1) is 12.6. The molecule has 2 N–H and O–H groups in total. The first kappa shape index (κ1) is 19.1. The summed E-state index contributed by atoms with van der Waals surface area (Å²) >= 11 is 1.72. The van der Waals surface area contributed by atoms with Gasteiger partial charge in [0.25, 0.3) is 0 Å². The molecule has 0 radical (unpaired) electrons. The van der Waals surface area contributed by atoms with E-state index in [0.29, 0.717) is 12.5 Å². The maximum atomic E-state index is 12.7. The fourth-order valence-corrected chi connectivity index (χ4v) is 4.72. The van der Waals surface area contributed by atoms with E-state index in [-0.39, 0.29) is 12.0 Å². The molecule has 1 aromatic rings. The van der Waals surface area contributed by atoms with Crippen molar-refractivity contribution < 1.29 is 4.79 Å². The molecule has 1 aliphatic carbocycles. The molecule has 0 spiro atoms. The van der Waals surface area contributed by atoms with Crippen molar-refractivity contribution in [2.24, 2.45) is 10.9 Å². The Kier molecular flexibility index (Phi) is 6.51. The normalized spacial score (nSPS) is 21.9. The minimum Gasteiger partial charge on any atom is -0.352 e. The van der Waals surface area contributed by atoms with E-state index in [1.54, 1.807) is 18.4 Å². The fraction of sp³-hybridized carbons (Fsp3) is 0.737. The van der Waals surface area contributed by atoms with Crippen LogP contribution in [0, 0.1) is 19.8 Å². The van der Waals surface area contributed by atoms with Crippen LogP contribution in [0.1, 0.15) is 54.1 Å². The lowest BCUT2D eigenvalue weighted by molar-refractivity contribution is -0.135. The molecule has 1 saturated heterocycles. The van der Waals surface area contributed by atoms with Gasteiger partial charge in [0, 0.05) is 37.0 Å². The second-order valence-corrected chi connectivity index (χ2v) is 8.71. The molecule has 1 aliphatic heterocycles. The fourth-order valence-electron chi connectivity index (χ4n) is 3.85. The van der Waals surface area contributed by atoms with Gasteiger partial charge in [-0.05, 0) is 33.1 Å². The first-order valence-electron chi connectivity index (χ1n) is 9.75. The largest absolute Gasteiger partial charge is 0.352 e. The molecule has 26 heavy (non-hydrogen) atoms. The van der Waals surface area contributed by atoms with E-state index in [1.807, 2.05) is 6.92 Å². The molecule has 6 nitrogen and oxygen atoms in total. The van der Waals surface area contributed by atoms with Crippen molar-refractivity contribution >= 4 is 23.2 Å². The molecule has 1 saturated carbocycles. The van der Waals surface area contributed by atoms with E-state index in [9.17, 15) is 4.79 Å². The van der Waals surface area contributed by atoms with E-state index in [2.05, 4.69) is 32.4 Å². The van der Waals surface area contributed by atoms with Crippen molar-refractivity contribution in [1.29, 1.82) is 0 Å². The Balaban J connectivity index is 1.46. The molecule has 144 valence electrons. The molecular weight excluding hydrogens is 346 g/mol. The predicted molar refractivity (Wildman–Crippen MR) is 106 cm³/mol. The lowest BCUT2D eigenvalue weighted by atomic mass is 9.88. The van der Waals surface area contributed by atoms with Gasteiger partial charge in [0.05, 0.1) is 12.2 Å². The zero-order valence-electron chi connectivity index (χ0n) is 16.2. The van der Waals surface area contributed by atoms with Gasteiger partial charge in [-0.15, -0.1) is 11.3 Å². The molecule has 0 bridgehead atoms. The number of aliphatic imine (C=N–C) groups is 1. The second-order valence-electron chi connectivity index (χ2n) is 7.42. The number of carbonyl (C=O) groups excluding carboxylic acids is 1. The van der Waals surface area contributed by atoms with E-state index in [0.717, 1.165) is 49.0 Å². The standard InChI is InChI=1S/C19H31N5OS/c1-13-14(2)26-17(22-13)11-21-19(20-3)23-16-9-10-24(12-16)18(25)15-7-5-4-6-8-15/h15-16H,4-12H2,1-3H3,(H2,20,21,23). The lowest BCUT2D eigenvalue weighted by Gasteiger charge is -2.26. The number of guanidine groups is 1. The van der Waals surface area contributed by atoms with Crippen molar-refractivity contribution in [3.05, 3.63) is 15.6 Å². The van der Waals surface area contributed by atoms with E-state index >= 15 is 0 Å². The molecule has 2 heterocycles. The van der Waals surface area contributed by atoms with Gasteiger partial charge in [0.2, 0.25) is 5.91 Å². The average molecular weight is 378 g/mol. The Morgan fingerprint density at radius 1 is 1.27 bits per heavy atom. The summed E-state index contributed by atoms with van der Waals surface area (Å²) in [4.78, 5) is 24.9. The summed E-state index contributed by atoms with van der Waals surface area (Å²) < 4.78 is 0. The number of nitrogens with zero attached hydrogens (tertiary/aromatic N) is 3. The zero-order valence-corrected chi connectivity index (χ0v) is 17.0. The van der Waals surface area contributed by atoms with Crippen molar-refractivity contribution in [2.45, 2.75) is 65.0 Å². The number of aryl methyl sites for hydroxylation is 2. The van der Waals surface area contributed by atoms with Gasteiger partial charge in [-0.25, -0.2) is 4.98 Å². The van der Waals surface area contributed by atoms with Gasteiger partial charge in [0.1, 0.15) is 5.01 Å². The molecular formula is C19H31N5OS. The summed E-state index contributed by atoms with van der Waals surface area (Å²) in [7, 11) is 1.79. The van der Waals surface area contributed by atoms with Crippen molar-refractivity contribution in [2.75, 3.05) is 20.1 Å². The Hall–Kier alpha value is -1.63. The smallest absolute Gasteiger partial charge is 0.225 e. The Morgan fingerprint density at radius 3 is 2.69 bits per heavy atom. The third-order valence-electron chi connectivity index (χ3n) is 5.50. The minimum atomic E-state index is 0.260. The maximum Gasteiger partial charge on any atom is 0.225 e. The highest BCUT2D eigenvalue weighted by atomic mass is 32.1. The van der Waals surface area contributed by atoms with Crippen molar-refractivity contribution in [3.63, 3.8) is 0 Å². The van der Waals surface area contributed by atoms with Crippen LogP contribution < -0.4 is 10.6 Å². The van der Waals surface area contributed by atoms with Gasteiger partial charge in [-0.1, -0.05) is 19.3 Å². The number of hydrogen-bond donors (Lipinski definition) is 2. The molecule has 2 fully saturated rings. The first-order valence-corrected chi connectivity index (χ1v) is 10.6. The van der Waals surface area contributed by atoms with Crippen LogP contribution >= 0.6 is 11.3 Å². The van der Waals surface area contributed by atoms with E-state index in [4.69, 9.17) is 0 Å². The second kappa shape index (κ2) is 8.84. The highest BCUT2D eigenvalue weighted by molar-refractivity contribution is 7.11. The Bertz CT molecular complexity index is 631. The summed E-state index contributed by atoms with van der Waals surface area (Å²) in [6.45, 7) is 6.45. The summed E-state index contributed by atoms with van der Waals surface area (Å²) in [5.74, 6) is 1.41. The van der Waals surface area contributed by atoms with Crippen LogP contribution in [-0.2, 0) is 11.3 Å². The lowest BCUT2D eigenvalue weighted by Crippen LogP contribution is -2.45. The predicted octanol–water partition coefficient (Wildman–Crippen LogP) is 2.61. The Labute approximate surface area is 160 Å². The topological polar surface area (TPSA) is 69.6 Å². The number of thiazole rings is 1. The van der Waals surface area contributed by atoms with Crippen LogP contribution in [0.3, 0.4) is 0 Å². The summed E-state index contributed by atoms with van der Waals surface area (Å²) in [5, 5.41) is 7.88. The van der Waals surface area contributed by atoms with Gasteiger partial charge >= 0.3 is 0 Å². The zero-order chi connectivity index (χ0) is 18.5. The van der Waals surface area contributed by atoms with Gasteiger partial charge in [0.15, 0.2) is 5.96 Å². The minimum absolute atomic E-state index is 0.260. The van der Waals surface area contributed by atoms with Crippen LogP contribution in [-0.4, -0.2) is 47.9 Å². The van der Waals surface area contributed by atoms with Gasteiger partial charge < -0.3 is 15.5 Å². The highest BCUT2D eigenvalue weighted by Crippen LogP contribution is 2.26. The molecule has 2 aliphatic rings. The molecule has 1 atom stereocenters. The molecule has 1 unspecified atom stereocenters. The van der Waals surface area contributed by atoms with Crippen LogP contribution in [0.2, 0.25) is 0 Å². The third-order valence-corrected chi connectivity index (χ3v) is 6.57. The molecule has 1 aromatic heterocycles. The Morgan fingerprint density at radius 2 is 2.04 bits per heavy atom. The number of carbonyl (C=O) groups is 1. The SMILES string of the molecule is CN=C(NCc1nc(C)c(C)s1)NC1CCN(C(=O)C2CCCCC2)C1. The molecule has 7 heteroatoms. The van der Waals surface area contributed by atoms with Crippen LogP contribution in [0.15, 0.2) is 4.99 Å². The number of likely N-dealkylation sites (tertiary alicyclic amines) is 1.